The van der Waals surface area contributed by atoms with Gasteiger partial charge in [-0.3, -0.25) is 0 Å². The van der Waals surface area contributed by atoms with E-state index >= 15 is 0 Å². The Bertz CT molecular complexity index is 64.7. The molecular weight excluding hydrogens is 88.9 g/mol. The van der Waals surface area contributed by atoms with E-state index in [0.717, 1.165) is 6.54 Å². The lowest BCUT2D eigenvalue weighted by Gasteiger charge is -1.90. The summed E-state index contributed by atoms with van der Waals surface area (Å²) in [5, 5.41) is 2.88. The molecule has 0 fully saturated rings. The molecule has 0 aliphatic heterocycles. The molecule has 0 aliphatic carbocycles. The molecule has 0 unspecified atom stereocenters. The molecule has 1 N–H and O–H groups in total. The first kappa shape index (κ1) is 6.69. The number of carbonyl (C=O) groups is 1. The van der Waals surface area contributed by atoms with E-state index in [1.807, 2.05) is 7.05 Å². The molecule has 0 aromatic rings. The van der Waals surface area contributed by atoms with Gasteiger partial charge < -0.3 is 10.1 Å². The SMILES string of the molecule is BC(=O)CCNC. The molecule has 40 valence electrons. The summed E-state index contributed by atoms with van der Waals surface area (Å²) in [6.45, 7) is 0.801. The van der Waals surface area contributed by atoms with Gasteiger partial charge in [0, 0.05) is 13.0 Å². The van der Waals surface area contributed by atoms with E-state index in [9.17, 15) is 4.79 Å². The third-order valence-corrected chi connectivity index (χ3v) is 0.727. The maximum atomic E-state index is 10.2. The number of nitrogens with one attached hydrogen (secondary N) is 1. The van der Waals surface area contributed by atoms with Gasteiger partial charge in [-0.2, -0.15) is 0 Å². The normalized spacial score (nSPS) is 8.71. The highest BCUT2D eigenvalue weighted by Crippen LogP contribution is 1.70. The van der Waals surface area contributed by atoms with Crippen molar-refractivity contribution >= 4 is 13.5 Å². The van der Waals surface area contributed by atoms with Gasteiger partial charge in [-0.1, -0.05) is 0 Å². The second-order valence-electron chi connectivity index (χ2n) is 1.56. The third-order valence-electron chi connectivity index (χ3n) is 0.727. The molecule has 0 rings (SSSR count). The van der Waals surface area contributed by atoms with Crippen LogP contribution in [0.1, 0.15) is 6.42 Å². The molecule has 0 saturated carbocycles. The fourth-order valence-corrected chi connectivity index (χ4v) is 0.301. The molecule has 0 atom stereocenters. The summed E-state index contributed by atoms with van der Waals surface area (Å²) in [7, 11) is 3.43. The van der Waals surface area contributed by atoms with E-state index in [4.69, 9.17) is 0 Å². The first-order valence-electron chi connectivity index (χ1n) is 2.41. The van der Waals surface area contributed by atoms with Crippen LogP contribution in [0.25, 0.3) is 0 Å². The molecular formula is C4H10BNO. The van der Waals surface area contributed by atoms with Crippen molar-refractivity contribution in [1.29, 1.82) is 0 Å². The number of hydrogen-bond acceptors (Lipinski definition) is 2. The van der Waals surface area contributed by atoms with Crippen LogP contribution < -0.4 is 5.32 Å². The molecule has 0 aromatic carbocycles. The third kappa shape index (κ3) is 5.69. The fraction of sp³-hybridized carbons (Fsp3) is 0.750. The minimum absolute atomic E-state index is 0.245. The van der Waals surface area contributed by atoms with Crippen LogP contribution in [0.5, 0.6) is 0 Å². The van der Waals surface area contributed by atoms with Crippen molar-refractivity contribution in [1.82, 2.24) is 5.32 Å². The molecule has 0 aliphatic rings. The molecule has 0 saturated heterocycles. The quantitative estimate of drug-likeness (QED) is 0.448. The highest BCUT2D eigenvalue weighted by Gasteiger charge is 1.86. The molecule has 7 heavy (non-hydrogen) atoms. The molecule has 0 amide bonds. The van der Waals surface area contributed by atoms with Crippen LogP contribution in [0, 0.1) is 0 Å². The van der Waals surface area contributed by atoms with E-state index in [1.54, 1.807) is 7.85 Å². The average molecular weight is 98.9 g/mol. The Balaban J connectivity index is 2.82. The lowest BCUT2D eigenvalue weighted by molar-refractivity contribution is -0.111. The second-order valence-corrected chi connectivity index (χ2v) is 1.56. The van der Waals surface area contributed by atoms with Crippen LogP contribution in [-0.2, 0) is 4.79 Å². The molecule has 0 heterocycles. The summed E-state index contributed by atoms with van der Waals surface area (Å²) in [5.74, 6) is 0. The smallest absolute Gasteiger partial charge is 0.187 e. The molecule has 0 aromatic heterocycles. The summed E-state index contributed by atoms with van der Waals surface area (Å²) >= 11 is 0. The Kier molecular flexibility index (Phi) is 3.70. The van der Waals surface area contributed by atoms with Crippen molar-refractivity contribution in [2.75, 3.05) is 13.6 Å². The molecule has 3 heteroatoms. The van der Waals surface area contributed by atoms with Crippen LogP contribution >= 0.6 is 0 Å². The van der Waals surface area contributed by atoms with Crippen LogP contribution in [0.2, 0.25) is 0 Å². The molecule has 0 spiro atoms. The van der Waals surface area contributed by atoms with Gasteiger partial charge in [0.1, 0.15) is 0 Å². The van der Waals surface area contributed by atoms with Gasteiger partial charge in [-0.05, 0) is 7.05 Å². The number of rotatable bonds is 3. The monoisotopic (exact) mass is 99.1 g/mol. The predicted octanol–water partition coefficient (Wildman–Crippen LogP) is -1.24. The molecule has 0 bridgehead atoms. The van der Waals surface area contributed by atoms with E-state index in [0.29, 0.717) is 6.42 Å². The van der Waals surface area contributed by atoms with Crippen molar-refractivity contribution in [2.24, 2.45) is 0 Å². The van der Waals surface area contributed by atoms with Crippen LogP contribution in [0.15, 0.2) is 0 Å². The second kappa shape index (κ2) is 3.87. The van der Waals surface area contributed by atoms with Gasteiger partial charge in [-0.25, -0.2) is 0 Å². The van der Waals surface area contributed by atoms with Crippen molar-refractivity contribution < 1.29 is 4.79 Å². The van der Waals surface area contributed by atoms with Gasteiger partial charge in [0.15, 0.2) is 7.85 Å². The van der Waals surface area contributed by atoms with Crippen molar-refractivity contribution in [3.63, 3.8) is 0 Å². The average Bonchev–Trinajstić information content (AvgIpc) is 1.61. The molecule has 2 nitrogen and oxygen atoms in total. The Morgan fingerprint density at radius 3 is 2.57 bits per heavy atom. The van der Waals surface area contributed by atoms with Gasteiger partial charge in [-0.15, -0.1) is 0 Å². The Labute approximate surface area is 44.7 Å². The minimum atomic E-state index is 0.245. The zero-order valence-electron chi connectivity index (χ0n) is 4.82. The zero-order valence-corrected chi connectivity index (χ0v) is 4.82. The van der Waals surface area contributed by atoms with E-state index in [2.05, 4.69) is 5.32 Å². The van der Waals surface area contributed by atoms with Gasteiger partial charge in [0.2, 0.25) is 0 Å². The maximum absolute atomic E-state index is 10.2. The highest BCUT2D eigenvalue weighted by atomic mass is 16.1. The Morgan fingerprint density at radius 2 is 2.43 bits per heavy atom. The Hall–Kier alpha value is -0.305. The van der Waals surface area contributed by atoms with Gasteiger partial charge in [0.05, 0.1) is 5.68 Å². The summed E-state index contributed by atoms with van der Waals surface area (Å²) in [5.41, 5.74) is 0.245. The zero-order chi connectivity index (χ0) is 5.70. The summed E-state index contributed by atoms with van der Waals surface area (Å²) in [6, 6.07) is 0. The van der Waals surface area contributed by atoms with E-state index in [1.165, 1.54) is 0 Å². The minimum Gasteiger partial charge on any atom is -0.319 e. The number of carbonyl (C=O) groups excluding carboxylic acids is 1. The summed E-state index contributed by atoms with van der Waals surface area (Å²) < 4.78 is 0. The Morgan fingerprint density at radius 1 is 1.86 bits per heavy atom. The highest BCUT2D eigenvalue weighted by molar-refractivity contribution is 6.57. The first-order valence-corrected chi connectivity index (χ1v) is 2.41. The van der Waals surface area contributed by atoms with Gasteiger partial charge in [0.25, 0.3) is 0 Å². The van der Waals surface area contributed by atoms with Crippen LogP contribution in [-0.4, -0.2) is 27.1 Å². The van der Waals surface area contributed by atoms with Gasteiger partial charge >= 0.3 is 0 Å². The van der Waals surface area contributed by atoms with Crippen molar-refractivity contribution in [2.45, 2.75) is 6.42 Å². The predicted molar refractivity (Wildman–Crippen MR) is 32.1 cm³/mol. The standard InChI is InChI=1S/C4H10BNO/c1-6-3-2-4(5)7/h6H,2-3,5H2,1H3. The lowest BCUT2D eigenvalue weighted by Crippen LogP contribution is -2.12. The fourth-order valence-electron chi connectivity index (χ4n) is 0.301. The van der Waals surface area contributed by atoms with Crippen molar-refractivity contribution in [3.8, 4) is 0 Å². The maximum Gasteiger partial charge on any atom is 0.187 e. The van der Waals surface area contributed by atoms with E-state index < -0.39 is 0 Å². The van der Waals surface area contributed by atoms with Crippen molar-refractivity contribution in [3.05, 3.63) is 0 Å². The number of hydrogen-bond donors (Lipinski definition) is 1. The van der Waals surface area contributed by atoms with Crippen LogP contribution in [0.3, 0.4) is 0 Å². The lowest BCUT2D eigenvalue weighted by atomic mass is 10.00. The summed E-state index contributed by atoms with van der Waals surface area (Å²) in [6.07, 6.45) is 0.649. The van der Waals surface area contributed by atoms with E-state index in [-0.39, 0.29) is 5.68 Å². The molecule has 0 radical (unpaired) electrons. The first-order chi connectivity index (χ1) is 3.27. The topological polar surface area (TPSA) is 29.1 Å². The van der Waals surface area contributed by atoms with Crippen LogP contribution in [0.4, 0.5) is 0 Å². The summed E-state index contributed by atoms with van der Waals surface area (Å²) in [4.78, 5) is 10.2. The largest absolute Gasteiger partial charge is 0.319 e.